The summed E-state index contributed by atoms with van der Waals surface area (Å²) in [6.45, 7) is 0. The molecular formula is C15H11FN2O. The van der Waals surface area contributed by atoms with Gasteiger partial charge in [0.1, 0.15) is 11.9 Å². The molecule has 0 saturated heterocycles. The molecule has 0 fully saturated rings. The zero-order valence-electron chi connectivity index (χ0n) is 10.3. The number of rotatable bonds is 2. The number of nitriles is 1. The van der Waals surface area contributed by atoms with Gasteiger partial charge < -0.3 is 4.90 Å². The van der Waals surface area contributed by atoms with Crippen LogP contribution in [0.5, 0.6) is 0 Å². The third-order valence-electron chi connectivity index (χ3n) is 2.79. The molecule has 2 aromatic carbocycles. The Balaban J connectivity index is 2.40. The molecule has 0 heterocycles. The SMILES string of the molecule is CN(C(=O)c1ccccc1F)c1ccccc1C#N. The van der Waals surface area contributed by atoms with E-state index in [1.54, 1.807) is 30.3 Å². The molecular weight excluding hydrogens is 243 g/mol. The van der Waals surface area contributed by atoms with E-state index in [0.29, 0.717) is 11.3 Å². The van der Waals surface area contributed by atoms with Crippen LogP contribution in [-0.2, 0) is 0 Å². The van der Waals surface area contributed by atoms with E-state index in [1.807, 2.05) is 6.07 Å². The zero-order valence-corrected chi connectivity index (χ0v) is 10.3. The fourth-order valence-electron chi connectivity index (χ4n) is 1.79. The minimum atomic E-state index is -0.575. The second-order valence-corrected chi connectivity index (χ2v) is 3.97. The Hall–Kier alpha value is -2.67. The van der Waals surface area contributed by atoms with E-state index in [-0.39, 0.29) is 5.56 Å². The van der Waals surface area contributed by atoms with Crippen LogP contribution in [0.3, 0.4) is 0 Å². The second kappa shape index (κ2) is 5.32. The molecule has 0 spiro atoms. The summed E-state index contributed by atoms with van der Waals surface area (Å²) in [5, 5.41) is 9.01. The molecule has 0 unspecified atom stereocenters. The predicted octanol–water partition coefficient (Wildman–Crippen LogP) is 2.97. The van der Waals surface area contributed by atoms with Crippen molar-refractivity contribution < 1.29 is 9.18 Å². The molecule has 0 aliphatic heterocycles. The van der Waals surface area contributed by atoms with Gasteiger partial charge in [0.15, 0.2) is 0 Å². The molecule has 0 N–H and O–H groups in total. The van der Waals surface area contributed by atoms with Gasteiger partial charge in [-0.1, -0.05) is 24.3 Å². The first-order chi connectivity index (χ1) is 9.15. The topological polar surface area (TPSA) is 44.1 Å². The lowest BCUT2D eigenvalue weighted by Gasteiger charge is -2.18. The number of carbonyl (C=O) groups is 1. The lowest BCUT2D eigenvalue weighted by atomic mass is 10.1. The Kier molecular flexibility index (Phi) is 3.58. The van der Waals surface area contributed by atoms with Crippen LogP contribution >= 0.6 is 0 Å². The Morgan fingerprint density at radius 1 is 1.16 bits per heavy atom. The minimum absolute atomic E-state index is 0.0160. The van der Waals surface area contributed by atoms with Crippen molar-refractivity contribution in [3.8, 4) is 6.07 Å². The maximum atomic E-state index is 13.6. The van der Waals surface area contributed by atoms with Gasteiger partial charge in [0.05, 0.1) is 16.8 Å². The van der Waals surface area contributed by atoms with E-state index < -0.39 is 11.7 Å². The van der Waals surface area contributed by atoms with Gasteiger partial charge in [-0.05, 0) is 24.3 Å². The number of hydrogen-bond donors (Lipinski definition) is 0. The van der Waals surface area contributed by atoms with Gasteiger partial charge in [-0.2, -0.15) is 5.26 Å². The molecule has 2 rings (SSSR count). The second-order valence-electron chi connectivity index (χ2n) is 3.97. The molecule has 0 aliphatic rings. The monoisotopic (exact) mass is 254 g/mol. The summed E-state index contributed by atoms with van der Waals surface area (Å²) in [5.41, 5.74) is 0.811. The van der Waals surface area contributed by atoms with Crippen LogP contribution in [0.15, 0.2) is 48.5 Å². The molecule has 0 bridgehead atoms. The summed E-state index contributed by atoms with van der Waals surface area (Å²) in [4.78, 5) is 13.5. The summed E-state index contributed by atoms with van der Waals surface area (Å²) in [6.07, 6.45) is 0. The van der Waals surface area contributed by atoms with E-state index in [1.165, 1.54) is 30.1 Å². The molecule has 3 nitrogen and oxygen atoms in total. The predicted molar refractivity (Wildman–Crippen MR) is 70.3 cm³/mol. The Morgan fingerprint density at radius 2 is 1.79 bits per heavy atom. The molecule has 2 aromatic rings. The average molecular weight is 254 g/mol. The molecule has 0 radical (unpaired) electrons. The van der Waals surface area contributed by atoms with Crippen molar-refractivity contribution in [1.82, 2.24) is 0 Å². The Labute approximate surface area is 110 Å². The maximum Gasteiger partial charge on any atom is 0.261 e. The van der Waals surface area contributed by atoms with Gasteiger partial charge in [-0.3, -0.25) is 4.79 Å². The van der Waals surface area contributed by atoms with Crippen molar-refractivity contribution in [2.45, 2.75) is 0 Å². The fourth-order valence-corrected chi connectivity index (χ4v) is 1.79. The van der Waals surface area contributed by atoms with Crippen LogP contribution in [0.1, 0.15) is 15.9 Å². The molecule has 4 heteroatoms. The summed E-state index contributed by atoms with van der Waals surface area (Å²) in [7, 11) is 1.52. The minimum Gasteiger partial charge on any atom is -0.310 e. The van der Waals surface area contributed by atoms with E-state index in [0.717, 1.165) is 0 Å². The highest BCUT2D eigenvalue weighted by atomic mass is 19.1. The number of hydrogen-bond acceptors (Lipinski definition) is 2. The molecule has 1 amide bonds. The first-order valence-electron chi connectivity index (χ1n) is 5.67. The number of carbonyl (C=O) groups excluding carboxylic acids is 1. The zero-order chi connectivity index (χ0) is 13.8. The first-order valence-corrected chi connectivity index (χ1v) is 5.67. The smallest absolute Gasteiger partial charge is 0.261 e. The van der Waals surface area contributed by atoms with E-state index in [4.69, 9.17) is 5.26 Å². The Bertz CT molecular complexity index is 661. The van der Waals surface area contributed by atoms with Crippen LogP contribution in [0.2, 0.25) is 0 Å². The van der Waals surface area contributed by atoms with E-state index >= 15 is 0 Å². The van der Waals surface area contributed by atoms with Crippen molar-refractivity contribution in [3.05, 3.63) is 65.5 Å². The number of anilines is 1. The summed E-state index contributed by atoms with van der Waals surface area (Å²) in [6, 6.07) is 14.5. The van der Waals surface area contributed by atoms with Gasteiger partial charge >= 0.3 is 0 Å². The molecule has 19 heavy (non-hydrogen) atoms. The van der Waals surface area contributed by atoms with Crippen LogP contribution in [-0.4, -0.2) is 13.0 Å². The van der Waals surface area contributed by atoms with Crippen molar-refractivity contribution in [2.75, 3.05) is 11.9 Å². The normalized spacial score (nSPS) is 9.74. The van der Waals surface area contributed by atoms with Crippen LogP contribution in [0, 0.1) is 17.1 Å². The maximum absolute atomic E-state index is 13.6. The summed E-state index contributed by atoms with van der Waals surface area (Å²) >= 11 is 0. The summed E-state index contributed by atoms with van der Waals surface area (Å²) in [5.74, 6) is -1.06. The number of nitrogens with zero attached hydrogens (tertiary/aromatic N) is 2. The average Bonchev–Trinajstić information content (AvgIpc) is 2.46. The Morgan fingerprint density at radius 3 is 2.47 bits per heavy atom. The lowest BCUT2D eigenvalue weighted by Crippen LogP contribution is -2.27. The van der Waals surface area contributed by atoms with Crippen LogP contribution in [0.25, 0.3) is 0 Å². The van der Waals surface area contributed by atoms with Crippen molar-refractivity contribution in [1.29, 1.82) is 5.26 Å². The number of para-hydroxylation sites is 1. The van der Waals surface area contributed by atoms with Crippen LogP contribution < -0.4 is 4.90 Å². The fraction of sp³-hybridized carbons (Fsp3) is 0.0667. The summed E-state index contributed by atoms with van der Waals surface area (Å²) < 4.78 is 13.6. The van der Waals surface area contributed by atoms with Gasteiger partial charge in [-0.15, -0.1) is 0 Å². The van der Waals surface area contributed by atoms with Gasteiger partial charge in [0, 0.05) is 7.05 Å². The highest BCUT2D eigenvalue weighted by Gasteiger charge is 2.18. The number of amides is 1. The number of halogens is 1. The van der Waals surface area contributed by atoms with E-state index in [9.17, 15) is 9.18 Å². The van der Waals surface area contributed by atoms with Gasteiger partial charge in [0.2, 0.25) is 0 Å². The largest absolute Gasteiger partial charge is 0.310 e. The lowest BCUT2D eigenvalue weighted by molar-refractivity contribution is 0.0989. The molecule has 0 aromatic heterocycles. The molecule has 0 aliphatic carbocycles. The highest BCUT2D eigenvalue weighted by Crippen LogP contribution is 2.21. The highest BCUT2D eigenvalue weighted by molar-refractivity contribution is 6.06. The molecule has 0 saturated carbocycles. The quantitative estimate of drug-likeness (QED) is 0.827. The van der Waals surface area contributed by atoms with Crippen molar-refractivity contribution in [3.63, 3.8) is 0 Å². The standard InChI is InChI=1S/C15H11FN2O/c1-18(14-9-5-2-6-11(14)10-17)15(19)12-7-3-4-8-13(12)16/h2-9H,1H3. The number of benzene rings is 2. The van der Waals surface area contributed by atoms with Crippen LogP contribution in [0.4, 0.5) is 10.1 Å². The van der Waals surface area contributed by atoms with Crippen molar-refractivity contribution >= 4 is 11.6 Å². The van der Waals surface area contributed by atoms with Gasteiger partial charge in [-0.25, -0.2) is 4.39 Å². The molecule has 0 atom stereocenters. The molecule has 94 valence electrons. The first kappa shape index (κ1) is 12.8. The van der Waals surface area contributed by atoms with Crippen molar-refractivity contribution in [2.24, 2.45) is 0 Å². The third-order valence-corrected chi connectivity index (χ3v) is 2.79. The van der Waals surface area contributed by atoms with Gasteiger partial charge in [0.25, 0.3) is 5.91 Å². The third kappa shape index (κ3) is 2.45. The van der Waals surface area contributed by atoms with E-state index in [2.05, 4.69) is 0 Å².